The van der Waals surface area contributed by atoms with Crippen LogP contribution in [0.2, 0.25) is 0 Å². The third-order valence-corrected chi connectivity index (χ3v) is 27.3. The summed E-state index contributed by atoms with van der Waals surface area (Å²) in [6.07, 6.45) is 83.9. The first-order chi connectivity index (χ1) is 71.7. The molecular weight excluding hydrogens is 1810 g/mol. The van der Waals surface area contributed by atoms with Crippen molar-refractivity contribution in [3.05, 3.63) is 417 Å². The fraction of sp³-hybridized carbons (Fsp3) is 0.367. The third-order valence-electron chi connectivity index (χ3n) is 27.3. The van der Waals surface area contributed by atoms with Gasteiger partial charge in [-0.2, -0.15) is 4.65 Å². The molecule has 6 unspecified atom stereocenters. The number of piperidine rings is 2. The van der Waals surface area contributed by atoms with E-state index in [9.17, 15) is 10.0 Å². The summed E-state index contributed by atoms with van der Waals surface area (Å²) in [5.41, 5.74) is 18.4. The van der Waals surface area contributed by atoms with Gasteiger partial charge in [-0.25, -0.2) is 5.21 Å². The summed E-state index contributed by atoms with van der Waals surface area (Å²) in [6.45, 7) is 9.69. The van der Waals surface area contributed by atoms with Crippen LogP contribution in [0.3, 0.4) is 0 Å². The fourth-order valence-corrected chi connectivity index (χ4v) is 19.2. The van der Waals surface area contributed by atoms with Crippen molar-refractivity contribution < 1.29 is 14.6 Å². The summed E-state index contributed by atoms with van der Waals surface area (Å²) in [7, 11) is 16.4. The van der Waals surface area contributed by atoms with Gasteiger partial charge in [-0.3, -0.25) is 89.2 Å². The number of pyridine rings is 12. The first-order valence-corrected chi connectivity index (χ1v) is 52.0. The molecule has 0 aromatic carbocycles. The van der Waals surface area contributed by atoms with Crippen molar-refractivity contribution in [2.24, 2.45) is 12.0 Å². The van der Waals surface area contributed by atoms with Crippen molar-refractivity contribution >= 4 is 17.7 Å². The number of H-pyrrole nitrogens is 1. The molecule has 0 aliphatic carbocycles. The normalized spacial score (nSPS) is 20.8. The Kier molecular flexibility index (Phi) is 48.4. The number of likely N-dealkylation sites (tertiary alicyclic amines) is 5. The maximum atomic E-state index is 11.3. The summed E-state index contributed by atoms with van der Waals surface area (Å²) >= 11 is 0. The molecule has 0 radical (unpaired) electrons. The molecule has 5 N–H and O–H groups in total. The topological polar surface area (TPSA) is 277 Å². The highest BCUT2D eigenvalue weighted by atomic mass is 16.5. The number of hydroxylamine groups is 3. The zero-order chi connectivity index (χ0) is 102. The van der Waals surface area contributed by atoms with Crippen molar-refractivity contribution in [3.8, 4) is 22.5 Å². The minimum absolute atomic E-state index is 0.117. The van der Waals surface area contributed by atoms with E-state index in [0.29, 0.717) is 42.7 Å². The van der Waals surface area contributed by atoms with Gasteiger partial charge in [-0.05, 0) is 318 Å². The highest BCUT2D eigenvalue weighted by Crippen LogP contribution is 2.37. The van der Waals surface area contributed by atoms with E-state index < -0.39 is 0 Å². The number of quaternary nitrogens is 1. The van der Waals surface area contributed by atoms with Crippen molar-refractivity contribution in [1.82, 2.24) is 110 Å². The van der Waals surface area contributed by atoms with Gasteiger partial charge in [-0.15, -0.1) is 0 Å². The Hall–Kier alpha value is -13.6. The van der Waals surface area contributed by atoms with Crippen molar-refractivity contribution in [3.63, 3.8) is 0 Å². The lowest BCUT2D eigenvalue weighted by molar-refractivity contribution is -1.10. The predicted molar refractivity (Wildman–Crippen MR) is 589 cm³/mol. The van der Waals surface area contributed by atoms with Crippen LogP contribution in [0.1, 0.15) is 226 Å². The number of hydrogen-bond acceptors (Lipinski definition) is 22. The van der Waals surface area contributed by atoms with Crippen LogP contribution in [0.5, 0.6) is 0 Å². The smallest absolute Gasteiger partial charge is 0.222 e. The lowest BCUT2D eigenvalue weighted by Gasteiger charge is -2.32. The van der Waals surface area contributed by atoms with E-state index in [2.05, 4.69) is 229 Å². The average molecular weight is 1960 g/mol. The molecule has 9 aliphatic heterocycles. The second kappa shape index (κ2) is 63.6. The molecule has 764 valence electrons. The number of nitrogens with one attached hydrogen (secondary N) is 4. The van der Waals surface area contributed by atoms with Gasteiger partial charge in [-0.1, -0.05) is 104 Å². The number of carbonyl (C=O) groups excluding carboxylic acids is 1. The van der Waals surface area contributed by atoms with Gasteiger partial charge in [0, 0.05) is 290 Å². The first kappa shape index (κ1) is 111. The van der Waals surface area contributed by atoms with E-state index in [0.717, 1.165) is 118 Å². The van der Waals surface area contributed by atoms with Gasteiger partial charge < -0.3 is 30.4 Å². The van der Waals surface area contributed by atoms with Crippen LogP contribution in [0.4, 0.5) is 0 Å². The Labute approximate surface area is 867 Å². The van der Waals surface area contributed by atoms with Crippen LogP contribution in [0.25, 0.3) is 28.6 Å². The van der Waals surface area contributed by atoms with Crippen molar-refractivity contribution in [2.45, 2.75) is 170 Å². The number of aromatic nitrogens is 14. The van der Waals surface area contributed by atoms with Crippen molar-refractivity contribution in [2.75, 3.05) is 108 Å². The molecule has 6 fully saturated rings. The van der Waals surface area contributed by atoms with Crippen LogP contribution in [0.15, 0.2) is 366 Å². The van der Waals surface area contributed by atoms with Crippen LogP contribution in [-0.2, 0) is 11.8 Å². The number of carbonyl (C=O) groups is 1. The summed E-state index contributed by atoms with van der Waals surface area (Å²) in [6, 6.07) is 60.7. The van der Waals surface area contributed by atoms with Gasteiger partial charge in [0.05, 0.1) is 13.1 Å². The van der Waals surface area contributed by atoms with E-state index >= 15 is 0 Å². The summed E-state index contributed by atoms with van der Waals surface area (Å²) in [5.74, 6) is 0.230. The molecule has 23 rings (SSSR count). The minimum Gasteiger partial charge on any atom is -0.361 e. The number of aliphatic imine (C=N–C) groups is 1. The van der Waals surface area contributed by atoms with Crippen LogP contribution in [0, 0.1) is 0 Å². The van der Waals surface area contributed by atoms with Crippen molar-refractivity contribution in [1.29, 1.82) is 0 Å². The second-order valence-electron chi connectivity index (χ2n) is 37.9. The molecule has 26 heteroatoms. The lowest BCUT2D eigenvalue weighted by atomic mass is 9.97. The predicted octanol–water partition coefficient (Wildman–Crippen LogP) is 22.2. The fourth-order valence-electron chi connectivity index (χ4n) is 19.2. The number of aromatic amines is 1. The minimum atomic E-state index is 0.117. The largest absolute Gasteiger partial charge is 0.361 e. The molecule has 26 nitrogen and oxygen atoms in total. The molecule has 14 aromatic rings. The van der Waals surface area contributed by atoms with E-state index in [1.807, 2.05) is 267 Å². The molecule has 23 heterocycles. The standard InChI is InChI=1S/C11H16N2.C11H14N2.C10H15N2O.C10H12N2O.2C10H14N2.C10H10N2.C10H14N2.C10H12N2.C10H14N2.C9H10N2.C9H8N2/c2*1-13-8-3-2-6-11(13)10-5-4-7-12-9-10;1-12(13)7-3-5-10(12)9-4-2-6-11-8-9;1-12-9(4-5-10(12)13)8-3-2-6-11-7-8;3*1-12-7-3-5-10(12)9-4-2-6-11-8-9;2*1-2-7-12-10(5-1)9-4-3-6-11-8-9;1-11-7-3-2-5-10-6-4-8-12-9-10;2*1-3-8(7-10-5-1)9-4-2-6-11-9/h4-5,7,9,11H,2-3,6,8H2,1H3;2-5,7,9,11H,6,8H2,1H3;2,4,6,8,10,13H,3,5,7H2,1H3;2-3,6-7,9H,4-5H2,1H3;2*2,4,6,8,10H,3,5,7H2,1H3;2-8H,1H3;3-4,6,8,10,12H,1-2,5,7H2;1-4,6,8,10,12H,5,7H2;2,4-6,8-9,11H,3,7H2,1H3;1,3,5,7H,2,4,6H2;1-7,11H/q;;+1;;;;;;;;;/t;;10-,12?;9-;10-;;;;;;;/m..000......./s1. The quantitative estimate of drug-likeness (QED) is 0.0362. The molecule has 1 amide bonds. The van der Waals surface area contributed by atoms with Gasteiger partial charge in [0.25, 0.3) is 0 Å². The highest BCUT2D eigenvalue weighted by Gasteiger charge is 2.39. The first-order valence-electron chi connectivity index (χ1n) is 52.0. The summed E-state index contributed by atoms with van der Waals surface area (Å²) in [5, 5.41) is 20.0. The molecule has 9 atom stereocenters. The molecule has 146 heavy (non-hydrogen) atoms. The number of nitrogens with zero attached hydrogens (tertiary/aromatic N) is 20. The van der Waals surface area contributed by atoms with Gasteiger partial charge in [0.2, 0.25) is 5.91 Å². The number of aryl methyl sites for hydroxylation is 1. The Morgan fingerprint density at radius 2 is 0.877 bits per heavy atom. The number of amides is 1. The van der Waals surface area contributed by atoms with E-state index in [-0.39, 0.29) is 22.6 Å². The SMILES string of the molecule is C1=CCC(c2cccnc2)NC1.CN1C(=O)CC[C@H]1c1cccnc1.CN1CC=CCC1c1cccnc1.CN1CCCC1c1cccnc1.CN1CCCCC1c1cccnc1.CN1CCC[C@H]1c1cccnc1.CNCCC=Cc1cccnc1.C[N+]1(O)CCC[C@H]1c1cccnc1.Cn1cccc1-c1cccnc1.c1cncc(-c2ccc[nH]2)c1.c1cncc(C2=NCCC2)c1.c1cncc(C2CCCCN2)c1. The number of rotatable bonds is 15. The summed E-state index contributed by atoms with van der Waals surface area (Å²) < 4.78 is 2.20. The van der Waals surface area contributed by atoms with Gasteiger partial charge in [0.1, 0.15) is 12.6 Å². The monoisotopic (exact) mass is 1960 g/mol. The van der Waals surface area contributed by atoms with Crippen LogP contribution in [-0.4, -0.2) is 224 Å². The zero-order valence-corrected chi connectivity index (χ0v) is 86.9. The summed E-state index contributed by atoms with van der Waals surface area (Å²) in [4.78, 5) is 79.2. The maximum Gasteiger partial charge on any atom is 0.222 e. The molecule has 9 aliphatic rings. The zero-order valence-electron chi connectivity index (χ0n) is 86.9. The third kappa shape index (κ3) is 37.8. The highest BCUT2D eigenvalue weighted by molar-refractivity contribution is 6.01. The average Bonchev–Trinajstić information content (AvgIpc) is 1.65. The van der Waals surface area contributed by atoms with E-state index in [4.69, 9.17) is 0 Å². The Bertz CT molecular complexity index is 5820. The maximum absolute atomic E-state index is 11.3. The van der Waals surface area contributed by atoms with Gasteiger partial charge in [0.15, 0.2) is 0 Å². The van der Waals surface area contributed by atoms with E-state index in [1.165, 1.54) is 141 Å². The van der Waals surface area contributed by atoms with E-state index in [1.54, 1.807) is 42.1 Å². The Morgan fingerprint density at radius 3 is 1.29 bits per heavy atom. The Morgan fingerprint density at radius 1 is 0.404 bits per heavy atom. The molecule has 0 saturated carbocycles. The van der Waals surface area contributed by atoms with Gasteiger partial charge >= 0.3 is 0 Å². The molecule has 6 saturated heterocycles. The van der Waals surface area contributed by atoms with Crippen LogP contribution >= 0.6 is 0 Å². The lowest BCUT2D eigenvalue weighted by Crippen LogP contribution is -2.39. The second-order valence-corrected chi connectivity index (χ2v) is 37.9. The molecule has 0 spiro atoms. The molecule has 14 aromatic heterocycles. The molecular formula is C120H153N24O2+. The Balaban J connectivity index is 0.000000142. The molecule has 0 bridgehead atoms. The van der Waals surface area contributed by atoms with Crippen LogP contribution < -0.4 is 16.0 Å². The number of hydrogen-bond donors (Lipinski definition) is 5. The number of likely N-dealkylation sites (N-methyl/N-ethyl adjacent to an activating group) is 1.